The summed E-state index contributed by atoms with van der Waals surface area (Å²) in [6.45, 7) is 70.1. The quantitative estimate of drug-likeness (QED) is 0.202. The van der Waals surface area contributed by atoms with Gasteiger partial charge in [0.05, 0.1) is 0 Å². The van der Waals surface area contributed by atoms with Crippen molar-refractivity contribution in [2.45, 2.75) is 276 Å². The van der Waals surface area contributed by atoms with Gasteiger partial charge in [0, 0.05) is 16.1 Å². The van der Waals surface area contributed by atoms with Crippen LogP contribution in [0.2, 0.25) is 210 Å². The Hall–Kier alpha value is 1.52. The highest BCUT2D eigenvalue weighted by Crippen LogP contribution is 2.13. The number of rotatable bonds is 4. The molecule has 0 aromatic heterocycles. The molecule has 0 unspecified atom stereocenters. The van der Waals surface area contributed by atoms with Gasteiger partial charge in [-0.1, -0.05) is 119 Å². The van der Waals surface area contributed by atoms with Crippen molar-refractivity contribution in [2.24, 2.45) is 0 Å². The first-order valence-electron chi connectivity index (χ1n) is 18.0. The van der Waals surface area contributed by atoms with Crippen molar-refractivity contribution in [3.8, 4) is 0 Å². The molecule has 19 heteroatoms. The lowest BCUT2D eigenvalue weighted by atomic mass is 11.8. The molecule has 9 nitrogen and oxygen atoms in total. The Kier molecular flexibility index (Phi) is 120. The Balaban J connectivity index is -0.0000000172. The van der Waals surface area contributed by atoms with Crippen molar-refractivity contribution in [3.05, 3.63) is 0 Å². The fourth-order valence-electron chi connectivity index (χ4n) is 1.84. The van der Waals surface area contributed by atoms with Crippen LogP contribution in [0.4, 0.5) is 0 Å². The van der Waals surface area contributed by atoms with Crippen LogP contribution in [-0.2, 0) is 13.0 Å². The Bertz CT molecular complexity index is 553. The Morgan fingerprint density at radius 2 is 0.279 bits per heavy atom. The van der Waals surface area contributed by atoms with Gasteiger partial charge in [-0.05, 0) is 157 Å². The molecule has 404 valence electrons. The minimum Gasteiger partial charge on any atom is -0.456 e. The lowest BCUT2D eigenvalue weighted by Gasteiger charge is -2.27. The maximum Gasteiger partial charge on any atom is 0.179 e. The second-order valence-electron chi connectivity index (χ2n) is 23.3. The normalized spacial score (nSPS) is 10.1. The van der Waals surface area contributed by atoms with Crippen molar-refractivity contribution < 1.29 is 43.2 Å². The molecule has 0 rings (SSSR count). The molecular formula is C42H142O9Si10. The number of carbonyl (C=O) groups is 1. The van der Waals surface area contributed by atoms with E-state index >= 15 is 0 Å². The van der Waals surface area contributed by atoms with Crippen LogP contribution in [0, 0.1) is 0 Å². The summed E-state index contributed by atoms with van der Waals surface area (Å²) in [7, 11) is -12.6. The molecule has 0 fully saturated rings. The predicted octanol–water partition coefficient (Wildman–Crippen LogP) is 16.4. The monoisotopic (exact) mass is 1070 g/mol. The summed E-state index contributed by atoms with van der Waals surface area (Å²) in [6, 6.07) is 0. The van der Waals surface area contributed by atoms with Crippen LogP contribution in [0.1, 0.15) is 66.8 Å². The molecule has 0 radical (unpaired) electrons. The lowest BCUT2D eigenvalue weighted by Crippen LogP contribution is -2.39. The van der Waals surface area contributed by atoms with Gasteiger partial charge in [-0.2, -0.15) is 0 Å². The molecule has 0 saturated carbocycles. The SMILES string of the molecule is C.C.C.C.C.C.C.C.C.C=O.C[Si](C)(C)C.C[Si](C)(C)C.C[Si](C)(C)O.C[Si](C)(C)O.C[Si](C)(C)O.C[Si](C)(C)O.C[Si](C)(C)O[Si](C)(C)C.C[Si](C)(C)O[Si](C)(C)C.O.O. The van der Waals surface area contributed by atoms with Crippen LogP contribution in [0.5, 0.6) is 0 Å². The standard InChI is InChI=1S/2C6H18OSi2.2C4H12Si.4C3H10OSi.CH2O.9CH4.2H2O/c2*1-8(2,3)7-9(4,5)6;6*1-5(2,3)4;1-2;;;;;;;;;;;/h2*1-6H3;2*1-4H3;4*4H,1-3H3;1H2;9*1H4;2*1H2. The first-order chi connectivity index (χ1) is 20.4. The van der Waals surface area contributed by atoms with Crippen LogP contribution in [-0.4, -0.2) is 120 Å². The van der Waals surface area contributed by atoms with Gasteiger partial charge in [-0.3, -0.25) is 0 Å². The maximum atomic E-state index is 8.66. The molecule has 0 aromatic carbocycles. The first kappa shape index (κ1) is 131. The highest BCUT2D eigenvalue weighted by atomic mass is 28.4. The van der Waals surface area contributed by atoms with Gasteiger partial charge in [-0.15, -0.1) is 0 Å². The zero-order chi connectivity index (χ0) is 44.4. The fourth-order valence-corrected chi connectivity index (χ4v) is 16.5. The molecule has 0 bridgehead atoms. The average molecular weight is 1070 g/mol. The van der Waals surface area contributed by atoms with Gasteiger partial charge < -0.3 is 43.2 Å². The highest BCUT2D eigenvalue weighted by Gasteiger charge is 2.25. The zero-order valence-corrected chi connectivity index (χ0v) is 51.7. The molecule has 0 spiro atoms. The van der Waals surface area contributed by atoms with Gasteiger partial charge in [0.1, 0.15) is 6.79 Å². The zero-order valence-electron chi connectivity index (χ0n) is 41.7. The van der Waals surface area contributed by atoms with E-state index in [4.69, 9.17) is 32.2 Å². The van der Waals surface area contributed by atoms with Gasteiger partial charge in [0.2, 0.25) is 0 Å². The summed E-state index contributed by atoms with van der Waals surface area (Å²) in [6.07, 6.45) is 0. The van der Waals surface area contributed by atoms with E-state index in [1.165, 1.54) is 0 Å². The third-order valence-corrected chi connectivity index (χ3v) is 11.0. The van der Waals surface area contributed by atoms with Crippen molar-refractivity contribution >= 4 is 89.5 Å². The van der Waals surface area contributed by atoms with Gasteiger partial charge in [-0.25, -0.2) is 0 Å². The van der Waals surface area contributed by atoms with Crippen molar-refractivity contribution in [3.63, 3.8) is 0 Å². The van der Waals surface area contributed by atoms with Crippen molar-refractivity contribution in [2.75, 3.05) is 0 Å². The lowest BCUT2D eigenvalue weighted by molar-refractivity contribution is -0.0980. The van der Waals surface area contributed by atoms with Gasteiger partial charge in [0.25, 0.3) is 0 Å². The van der Waals surface area contributed by atoms with Crippen LogP contribution in [0.3, 0.4) is 0 Å². The molecule has 0 aliphatic heterocycles. The maximum absolute atomic E-state index is 8.66. The van der Waals surface area contributed by atoms with E-state index in [1.807, 2.05) is 85.4 Å². The molecule has 0 atom stereocenters. The number of carbonyl (C=O) groups excluding carboxylic acids is 1. The van der Waals surface area contributed by atoms with Crippen molar-refractivity contribution in [1.82, 2.24) is 0 Å². The van der Waals surface area contributed by atoms with Crippen LogP contribution >= 0.6 is 0 Å². The van der Waals surface area contributed by atoms with E-state index in [0.29, 0.717) is 0 Å². The summed E-state index contributed by atoms with van der Waals surface area (Å²) < 4.78 is 11.8. The van der Waals surface area contributed by atoms with E-state index in [-0.39, 0.29) is 77.8 Å². The molecule has 0 aliphatic rings. The van der Waals surface area contributed by atoms with E-state index in [2.05, 4.69) is 131 Å². The fraction of sp³-hybridized carbons (Fsp3) is 0.976. The minimum atomic E-state index is -1.61. The Labute approximate surface area is 406 Å². The topological polar surface area (TPSA) is 179 Å². The largest absolute Gasteiger partial charge is 0.456 e. The van der Waals surface area contributed by atoms with Crippen LogP contribution < -0.4 is 0 Å². The second kappa shape index (κ2) is 55.8. The third kappa shape index (κ3) is 1190. The molecule has 0 saturated heterocycles. The Morgan fingerprint density at radius 3 is 0.279 bits per heavy atom. The molecule has 0 aliphatic carbocycles. The second-order valence-corrected chi connectivity index (χ2v) is 71.2. The van der Waals surface area contributed by atoms with Crippen LogP contribution in [0.25, 0.3) is 0 Å². The minimum absolute atomic E-state index is 0. The third-order valence-electron chi connectivity index (χ3n) is 1.22. The molecule has 0 heterocycles. The molecule has 0 aromatic rings. The average Bonchev–Trinajstić information content (AvgIpc) is 2.47. The van der Waals surface area contributed by atoms with Gasteiger partial charge >= 0.3 is 0 Å². The van der Waals surface area contributed by atoms with E-state index < -0.39 is 82.7 Å². The summed E-state index contributed by atoms with van der Waals surface area (Å²) in [5, 5.41) is 0. The van der Waals surface area contributed by atoms with Gasteiger partial charge in [0.15, 0.2) is 66.5 Å². The number of hydrogen-bond donors (Lipinski definition) is 4. The van der Waals surface area contributed by atoms with Crippen LogP contribution in [0.15, 0.2) is 0 Å². The molecule has 61 heavy (non-hydrogen) atoms. The summed E-state index contributed by atoms with van der Waals surface area (Å²) >= 11 is 0. The van der Waals surface area contributed by atoms with E-state index in [1.54, 1.807) is 0 Å². The highest BCUT2D eigenvalue weighted by molar-refractivity contribution is 6.84. The molecule has 8 N–H and O–H groups in total. The van der Waals surface area contributed by atoms with E-state index in [9.17, 15) is 0 Å². The summed E-state index contributed by atoms with van der Waals surface area (Å²) in [4.78, 5) is 42.6. The predicted molar refractivity (Wildman–Crippen MR) is 331 cm³/mol. The van der Waals surface area contributed by atoms with Crippen molar-refractivity contribution in [1.29, 1.82) is 0 Å². The smallest absolute Gasteiger partial charge is 0.179 e. The summed E-state index contributed by atoms with van der Waals surface area (Å²) in [5.74, 6) is 0. The van der Waals surface area contributed by atoms with E-state index in [0.717, 1.165) is 0 Å². The Morgan fingerprint density at radius 1 is 0.246 bits per heavy atom. The molecule has 0 amide bonds. The summed E-state index contributed by atoms with van der Waals surface area (Å²) in [5.41, 5.74) is 0. The first-order valence-corrected chi connectivity index (χ1v) is 53.4. The number of hydrogen-bond acceptors (Lipinski definition) is 7. The molecular weight excluding hydrogens is 929 g/mol.